The Morgan fingerprint density at radius 1 is 1.07 bits per heavy atom. The number of ether oxygens (including phenoxy) is 1. The highest BCUT2D eigenvalue weighted by atomic mass is 35.5. The van der Waals surface area contributed by atoms with Crippen molar-refractivity contribution in [2.75, 3.05) is 26.2 Å². The lowest BCUT2D eigenvalue weighted by molar-refractivity contribution is -0.140. The second-order valence-electron chi connectivity index (χ2n) is 7.11. The van der Waals surface area contributed by atoms with Crippen LogP contribution in [0.1, 0.15) is 24.1 Å². The summed E-state index contributed by atoms with van der Waals surface area (Å²) in [6.07, 6.45) is -0.660. The molecule has 2 aromatic rings. The van der Waals surface area contributed by atoms with Gasteiger partial charge in [0.2, 0.25) is 5.91 Å². The Morgan fingerprint density at radius 3 is 2.20 bits per heavy atom. The van der Waals surface area contributed by atoms with E-state index in [1.54, 1.807) is 60.4 Å². The van der Waals surface area contributed by atoms with Crippen molar-refractivity contribution in [1.82, 2.24) is 9.80 Å². The van der Waals surface area contributed by atoms with Gasteiger partial charge in [-0.3, -0.25) is 14.5 Å². The molecular formula is C22H23ClN4O3. The number of piperazine rings is 1. The molecule has 0 aromatic heterocycles. The first-order valence-electron chi connectivity index (χ1n) is 9.63. The predicted octanol–water partition coefficient (Wildman–Crippen LogP) is 2.35. The Kier molecular flexibility index (Phi) is 6.93. The molecule has 1 fully saturated rings. The minimum Gasteiger partial charge on any atom is -0.481 e. The molecule has 8 heteroatoms. The standard InChI is InChI=1S/C22H23ClN4O3/c1-15(30-19-8-2-16(14-24)3-9-19)22(29)27-12-10-26(11-13-27)20(21(25)28)17-4-6-18(23)7-5-17/h2-9,15,20H,10-13H2,1H3,(H2,25,28)/t15-,20-/m0/s1. The van der Waals surface area contributed by atoms with Crippen LogP contribution in [0, 0.1) is 11.3 Å². The van der Waals surface area contributed by atoms with E-state index >= 15 is 0 Å². The Bertz CT molecular complexity index is 932. The minimum atomic E-state index is -0.660. The van der Waals surface area contributed by atoms with Crippen LogP contribution in [-0.4, -0.2) is 53.9 Å². The molecule has 1 aliphatic rings. The molecule has 1 saturated heterocycles. The van der Waals surface area contributed by atoms with Crippen molar-refractivity contribution in [3.63, 3.8) is 0 Å². The zero-order chi connectivity index (χ0) is 21.7. The molecule has 156 valence electrons. The summed E-state index contributed by atoms with van der Waals surface area (Å²) in [5.74, 6) is -0.0271. The highest BCUT2D eigenvalue weighted by Crippen LogP contribution is 2.24. The molecule has 3 rings (SSSR count). The van der Waals surface area contributed by atoms with Gasteiger partial charge in [-0.2, -0.15) is 5.26 Å². The number of nitrogens with zero attached hydrogens (tertiary/aromatic N) is 3. The van der Waals surface area contributed by atoms with E-state index in [9.17, 15) is 9.59 Å². The van der Waals surface area contributed by atoms with Gasteiger partial charge in [0, 0.05) is 31.2 Å². The van der Waals surface area contributed by atoms with Crippen LogP contribution in [0.5, 0.6) is 5.75 Å². The fourth-order valence-corrected chi connectivity index (χ4v) is 3.65. The number of rotatable bonds is 6. The molecule has 0 saturated carbocycles. The molecular weight excluding hydrogens is 404 g/mol. The lowest BCUT2D eigenvalue weighted by Crippen LogP contribution is -2.54. The second-order valence-corrected chi connectivity index (χ2v) is 7.55. The van der Waals surface area contributed by atoms with Crippen molar-refractivity contribution in [3.05, 3.63) is 64.7 Å². The van der Waals surface area contributed by atoms with E-state index in [4.69, 9.17) is 27.3 Å². The van der Waals surface area contributed by atoms with Gasteiger partial charge in [0.05, 0.1) is 11.6 Å². The average Bonchev–Trinajstić information content (AvgIpc) is 2.75. The maximum atomic E-state index is 12.8. The van der Waals surface area contributed by atoms with Crippen molar-refractivity contribution in [1.29, 1.82) is 5.26 Å². The van der Waals surface area contributed by atoms with Crippen molar-refractivity contribution in [2.24, 2.45) is 5.73 Å². The highest BCUT2D eigenvalue weighted by molar-refractivity contribution is 6.30. The maximum Gasteiger partial charge on any atom is 0.263 e. The summed E-state index contributed by atoms with van der Waals surface area (Å²) in [5, 5.41) is 9.45. The summed E-state index contributed by atoms with van der Waals surface area (Å²) in [6, 6.07) is 15.2. The molecule has 2 atom stereocenters. The second kappa shape index (κ2) is 9.61. The van der Waals surface area contributed by atoms with Gasteiger partial charge in [-0.1, -0.05) is 23.7 Å². The Labute approximate surface area is 180 Å². The highest BCUT2D eigenvalue weighted by Gasteiger charge is 2.32. The van der Waals surface area contributed by atoms with Crippen molar-refractivity contribution in [2.45, 2.75) is 19.1 Å². The molecule has 0 bridgehead atoms. The summed E-state index contributed by atoms with van der Waals surface area (Å²) in [6.45, 7) is 3.68. The van der Waals surface area contributed by atoms with Crippen LogP contribution in [0.15, 0.2) is 48.5 Å². The van der Waals surface area contributed by atoms with Crippen LogP contribution in [0.3, 0.4) is 0 Å². The van der Waals surface area contributed by atoms with Gasteiger partial charge in [0.25, 0.3) is 5.91 Å². The number of halogens is 1. The van der Waals surface area contributed by atoms with Gasteiger partial charge in [-0.05, 0) is 48.9 Å². The molecule has 0 radical (unpaired) electrons. The molecule has 2 N–H and O–H groups in total. The maximum absolute atomic E-state index is 12.8. The first kappa shape index (κ1) is 21.6. The number of hydrogen-bond donors (Lipinski definition) is 1. The SMILES string of the molecule is C[C@H](Oc1ccc(C#N)cc1)C(=O)N1CCN([C@H](C(N)=O)c2ccc(Cl)cc2)CC1. The molecule has 1 aliphatic heterocycles. The normalized spacial score (nSPS) is 16.4. The van der Waals surface area contributed by atoms with E-state index in [-0.39, 0.29) is 5.91 Å². The van der Waals surface area contributed by atoms with Crippen LogP contribution < -0.4 is 10.5 Å². The molecule has 1 heterocycles. The van der Waals surface area contributed by atoms with Crippen LogP contribution >= 0.6 is 11.6 Å². The monoisotopic (exact) mass is 426 g/mol. The largest absolute Gasteiger partial charge is 0.481 e. The van der Waals surface area contributed by atoms with Crippen molar-refractivity contribution in [3.8, 4) is 11.8 Å². The minimum absolute atomic E-state index is 0.124. The third-order valence-corrected chi connectivity index (χ3v) is 5.34. The summed E-state index contributed by atoms with van der Waals surface area (Å²) in [4.78, 5) is 28.6. The topological polar surface area (TPSA) is 99.7 Å². The molecule has 0 aliphatic carbocycles. The number of nitrogens with two attached hydrogens (primary N) is 1. The van der Waals surface area contributed by atoms with Gasteiger partial charge < -0.3 is 15.4 Å². The summed E-state index contributed by atoms with van der Waals surface area (Å²) >= 11 is 5.94. The molecule has 0 unspecified atom stereocenters. The molecule has 30 heavy (non-hydrogen) atoms. The Morgan fingerprint density at radius 2 is 1.67 bits per heavy atom. The van der Waals surface area contributed by atoms with Gasteiger partial charge in [-0.25, -0.2) is 0 Å². The van der Waals surface area contributed by atoms with Gasteiger partial charge in [0.1, 0.15) is 11.8 Å². The number of carbonyl (C=O) groups is 2. The lowest BCUT2D eigenvalue weighted by Gasteiger charge is -2.39. The summed E-state index contributed by atoms with van der Waals surface area (Å²) in [5.41, 5.74) is 6.96. The van der Waals surface area contributed by atoms with E-state index in [2.05, 4.69) is 0 Å². The molecule has 2 amide bonds. The third kappa shape index (κ3) is 5.09. The van der Waals surface area contributed by atoms with E-state index < -0.39 is 18.1 Å². The van der Waals surface area contributed by atoms with Gasteiger partial charge in [0.15, 0.2) is 6.10 Å². The van der Waals surface area contributed by atoms with Crippen molar-refractivity contribution < 1.29 is 14.3 Å². The predicted molar refractivity (Wildman–Crippen MR) is 113 cm³/mol. The Hall–Kier alpha value is -3.08. The first-order valence-corrected chi connectivity index (χ1v) is 10.0. The lowest BCUT2D eigenvalue weighted by atomic mass is 10.0. The van der Waals surface area contributed by atoms with Gasteiger partial charge >= 0.3 is 0 Å². The Balaban J connectivity index is 1.59. The van der Waals surface area contributed by atoms with Crippen LogP contribution in [0.25, 0.3) is 0 Å². The molecule has 2 aromatic carbocycles. The van der Waals surface area contributed by atoms with Crippen molar-refractivity contribution >= 4 is 23.4 Å². The number of amides is 2. The number of nitriles is 1. The number of carbonyl (C=O) groups excluding carboxylic acids is 2. The number of primary amides is 1. The third-order valence-electron chi connectivity index (χ3n) is 5.09. The summed E-state index contributed by atoms with van der Waals surface area (Å²) < 4.78 is 5.72. The van der Waals surface area contributed by atoms with Crippen LogP contribution in [-0.2, 0) is 9.59 Å². The zero-order valence-corrected chi connectivity index (χ0v) is 17.4. The van der Waals surface area contributed by atoms with Crippen LogP contribution in [0.2, 0.25) is 5.02 Å². The quantitative estimate of drug-likeness (QED) is 0.764. The number of benzene rings is 2. The first-order chi connectivity index (χ1) is 14.4. The number of hydrogen-bond acceptors (Lipinski definition) is 5. The fraction of sp³-hybridized carbons (Fsp3) is 0.318. The smallest absolute Gasteiger partial charge is 0.263 e. The van der Waals surface area contributed by atoms with E-state index in [1.165, 1.54) is 0 Å². The van der Waals surface area contributed by atoms with Crippen LogP contribution in [0.4, 0.5) is 0 Å². The van der Waals surface area contributed by atoms with E-state index in [0.717, 1.165) is 5.56 Å². The summed E-state index contributed by atoms with van der Waals surface area (Å²) in [7, 11) is 0. The van der Waals surface area contributed by atoms with Gasteiger partial charge in [-0.15, -0.1) is 0 Å². The average molecular weight is 427 g/mol. The molecule has 0 spiro atoms. The fourth-order valence-electron chi connectivity index (χ4n) is 3.52. The van der Waals surface area contributed by atoms with E-state index in [1.807, 2.05) is 11.0 Å². The van der Waals surface area contributed by atoms with E-state index in [0.29, 0.717) is 42.5 Å². The zero-order valence-electron chi connectivity index (χ0n) is 16.6. The molecule has 7 nitrogen and oxygen atoms in total.